The smallest absolute Gasteiger partial charge is 0.356 e. The molecule has 0 unspecified atom stereocenters. The summed E-state index contributed by atoms with van der Waals surface area (Å²) in [5, 5.41) is 0.665. The highest BCUT2D eigenvalue weighted by molar-refractivity contribution is 7.18. The number of benzene rings is 1. The molecule has 0 aliphatic carbocycles. The quantitative estimate of drug-likeness (QED) is 0.547. The molecule has 2 aliphatic heterocycles. The molecule has 0 bridgehead atoms. The molecule has 3 heterocycles. The Kier molecular flexibility index (Phi) is 2.07. The van der Waals surface area contributed by atoms with Crippen molar-refractivity contribution in [3.63, 3.8) is 0 Å². The van der Waals surface area contributed by atoms with E-state index >= 15 is 0 Å². The number of hydrogen-bond donors (Lipinski definition) is 0. The predicted octanol–water partition coefficient (Wildman–Crippen LogP) is 2.14. The molecule has 0 saturated carbocycles. The maximum absolute atomic E-state index is 12.0. The van der Waals surface area contributed by atoms with Crippen LogP contribution in [-0.4, -0.2) is 23.9 Å². The van der Waals surface area contributed by atoms with Gasteiger partial charge in [-0.25, -0.2) is 19.2 Å². The van der Waals surface area contributed by atoms with Crippen molar-refractivity contribution in [2.75, 3.05) is 0 Å². The lowest BCUT2D eigenvalue weighted by molar-refractivity contribution is 0.0373. The molecule has 1 aromatic carbocycles. The molecule has 21 heavy (non-hydrogen) atoms. The Morgan fingerprint density at radius 2 is 1.05 bits per heavy atom. The fourth-order valence-corrected chi connectivity index (χ4v) is 3.89. The van der Waals surface area contributed by atoms with E-state index in [-0.39, 0.29) is 20.9 Å². The van der Waals surface area contributed by atoms with Crippen LogP contribution in [0.2, 0.25) is 0 Å². The summed E-state index contributed by atoms with van der Waals surface area (Å²) in [7, 11) is 0. The van der Waals surface area contributed by atoms with Gasteiger partial charge in [0.05, 0.1) is 11.1 Å². The van der Waals surface area contributed by atoms with Crippen molar-refractivity contribution in [3.8, 4) is 0 Å². The summed E-state index contributed by atoms with van der Waals surface area (Å²) in [6.45, 7) is 3.34. The van der Waals surface area contributed by atoms with Crippen molar-refractivity contribution < 1.29 is 28.7 Å². The molecule has 0 saturated heterocycles. The van der Waals surface area contributed by atoms with Gasteiger partial charge in [0, 0.05) is 10.8 Å². The third-order valence-corrected chi connectivity index (χ3v) is 5.02. The number of carbonyl (C=O) groups is 4. The molecule has 0 radical (unpaired) electrons. The zero-order valence-electron chi connectivity index (χ0n) is 10.9. The van der Waals surface area contributed by atoms with Crippen LogP contribution in [0.25, 0.3) is 10.8 Å². The van der Waals surface area contributed by atoms with E-state index in [2.05, 4.69) is 0 Å². The lowest BCUT2D eigenvalue weighted by Crippen LogP contribution is -2.23. The van der Waals surface area contributed by atoms with Gasteiger partial charge in [-0.2, -0.15) is 0 Å². The average molecular weight is 302 g/mol. The van der Waals surface area contributed by atoms with Crippen molar-refractivity contribution in [1.29, 1.82) is 0 Å². The molecule has 7 heteroatoms. The van der Waals surface area contributed by atoms with E-state index in [0.29, 0.717) is 21.9 Å². The summed E-state index contributed by atoms with van der Waals surface area (Å²) < 4.78 is 9.43. The summed E-state index contributed by atoms with van der Waals surface area (Å²) >= 11 is 0.888. The van der Waals surface area contributed by atoms with Gasteiger partial charge in [0.2, 0.25) is 0 Å². The SMILES string of the molecule is Cc1c(C)c2c3c(sc4c3c1C(=O)OC4=O)C(=O)OC2=O. The molecule has 104 valence electrons. The summed E-state index contributed by atoms with van der Waals surface area (Å²) in [5.74, 6) is -3.11. The van der Waals surface area contributed by atoms with Crippen molar-refractivity contribution in [3.05, 3.63) is 32.0 Å². The number of hydrogen-bond acceptors (Lipinski definition) is 7. The van der Waals surface area contributed by atoms with Crippen LogP contribution in [0, 0.1) is 13.8 Å². The van der Waals surface area contributed by atoms with Gasteiger partial charge in [0.15, 0.2) is 0 Å². The third kappa shape index (κ3) is 1.26. The topological polar surface area (TPSA) is 86.7 Å². The Balaban J connectivity index is 2.36. The summed E-state index contributed by atoms with van der Waals surface area (Å²) in [5.41, 5.74) is 1.58. The van der Waals surface area contributed by atoms with E-state index in [9.17, 15) is 19.2 Å². The first-order chi connectivity index (χ1) is 9.91. The molecule has 4 rings (SSSR count). The Hall–Kier alpha value is -2.54. The molecule has 0 atom stereocenters. The van der Waals surface area contributed by atoms with Crippen LogP contribution < -0.4 is 0 Å². The van der Waals surface area contributed by atoms with Crippen LogP contribution in [0.1, 0.15) is 51.2 Å². The van der Waals surface area contributed by atoms with Crippen molar-refractivity contribution in [2.45, 2.75) is 13.8 Å². The van der Waals surface area contributed by atoms with E-state index in [1.807, 2.05) is 0 Å². The minimum Gasteiger partial charge on any atom is -0.385 e. The fraction of sp³-hybridized carbons (Fsp3) is 0.143. The molecule has 1 aromatic heterocycles. The number of thiophene rings is 1. The van der Waals surface area contributed by atoms with Gasteiger partial charge in [-0.05, 0) is 25.0 Å². The second-order valence-electron chi connectivity index (χ2n) is 4.86. The van der Waals surface area contributed by atoms with Crippen LogP contribution in [0.3, 0.4) is 0 Å². The standard InChI is InChI=1S/C14H6O6S/c1-3-4(2)6-8-7-5(3)11(15)19-13(17)9(7)21-10(8)14(18)20-12(6)16/h1-2H3. The van der Waals surface area contributed by atoms with Gasteiger partial charge in [0.1, 0.15) is 9.75 Å². The van der Waals surface area contributed by atoms with Gasteiger partial charge in [0.25, 0.3) is 0 Å². The van der Waals surface area contributed by atoms with Gasteiger partial charge < -0.3 is 9.47 Å². The second kappa shape index (κ2) is 3.56. The third-order valence-electron chi connectivity index (χ3n) is 3.87. The van der Waals surface area contributed by atoms with E-state index in [1.54, 1.807) is 13.8 Å². The first-order valence-corrected chi connectivity index (χ1v) is 6.86. The predicted molar refractivity (Wildman–Crippen MR) is 70.8 cm³/mol. The maximum Gasteiger partial charge on any atom is 0.356 e. The summed E-state index contributed by atoms with van der Waals surface area (Å²) in [6, 6.07) is 0. The molecule has 2 aromatic rings. The number of esters is 4. The van der Waals surface area contributed by atoms with Crippen LogP contribution in [0.5, 0.6) is 0 Å². The monoisotopic (exact) mass is 302 g/mol. The van der Waals surface area contributed by atoms with E-state index in [4.69, 9.17) is 9.47 Å². The van der Waals surface area contributed by atoms with E-state index in [0.717, 1.165) is 11.3 Å². The molecule has 0 amide bonds. The van der Waals surface area contributed by atoms with Crippen LogP contribution >= 0.6 is 11.3 Å². The molecule has 0 N–H and O–H groups in total. The molecule has 0 fully saturated rings. The number of carbonyl (C=O) groups excluding carboxylic acids is 4. The average Bonchev–Trinajstić information content (AvgIpc) is 2.79. The molecule has 2 aliphatic rings. The Morgan fingerprint density at radius 3 is 1.43 bits per heavy atom. The van der Waals surface area contributed by atoms with Crippen molar-refractivity contribution in [2.24, 2.45) is 0 Å². The maximum atomic E-state index is 12.0. The first-order valence-electron chi connectivity index (χ1n) is 6.04. The fourth-order valence-electron chi connectivity index (χ4n) is 2.82. The molecular weight excluding hydrogens is 296 g/mol. The molecule has 6 nitrogen and oxygen atoms in total. The van der Waals surface area contributed by atoms with Gasteiger partial charge in [-0.15, -0.1) is 11.3 Å². The Labute approximate surface area is 121 Å². The minimum absolute atomic E-state index is 0.158. The highest BCUT2D eigenvalue weighted by Gasteiger charge is 2.40. The first kappa shape index (κ1) is 12.2. The lowest BCUT2D eigenvalue weighted by Gasteiger charge is -2.19. The number of cyclic esters (lactones) is 4. The van der Waals surface area contributed by atoms with Crippen LogP contribution in [0.15, 0.2) is 0 Å². The lowest BCUT2D eigenvalue weighted by atomic mass is 9.89. The Bertz CT molecular complexity index is 859. The molecular formula is C14H6O6S. The Morgan fingerprint density at radius 1 is 0.667 bits per heavy atom. The van der Waals surface area contributed by atoms with Crippen LogP contribution in [0.4, 0.5) is 0 Å². The van der Waals surface area contributed by atoms with E-state index in [1.165, 1.54) is 0 Å². The summed E-state index contributed by atoms with van der Waals surface area (Å²) in [4.78, 5) is 48.0. The van der Waals surface area contributed by atoms with E-state index < -0.39 is 23.9 Å². The zero-order valence-corrected chi connectivity index (χ0v) is 11.7. The van der Waals surface area contributed by atoms with Crippen LogP contribution in [-0.2, 0) is 9.47 Å². The molecule has 0 spiro atoms. The van der Waals surface area contributed by atoms with Gasteiger partial charge >= 0.3 is 23.9 Å². The van der Waals surface area contributed by atoms with Gasteiger partial charge in [-0.3, -0.25) is 0 Å². The summed E-state index contributed by atoms with van der Waals surface area (Å²) in [6.07, 6.45) is 0. The van der Waals surface area contributed by atoms with Crippen molar-refractivity contribution in [1.82, 2.24) is 0 Å². The number of rotatable bonds is 0. The number of ether oxygens (including phenoxy) is 2. The highest BCUT2D eigenvalue weighted by atomic mass is 32.1. The second-order valence-corrected chi connectivity index (χ2v) is 5.88. The normalized spacial score (nSPS) is 16.3. The largest absolute Gasteiger partial charge is 0.385 e. The zero-order chi connectivity index (χ0) is 15.0. The minimum atomic E-state index is -0.801. The van der Waals surface area contributed by atoms with Crippen molar-refractivity contribution >= 4 is 46.0 Å². The van der Waals surface area contributed by atoms with Gasteiger partial charge in [-0.1, -0.05) is 0 Å². The highest BCUT2D eigenvalue weighted by Crippen LogP contribution is 2.44.